The second-order valence-corrected chi connectivity index (χ2v) is 3.37. The van der Waals surface area contributed by atoms with E-state index in [4.69, 9.17) is 5.11 Å². The number of carboxylic acids is 1. The van der Waals surface area contributed by atoms with Crippen molar-refractivity contribution in [2.24, 2.45) is 0 Å². The number of rotatable bonds is 3. The fourth-order valence-electron chi connectivity index (χ4n) is 1.38. The maximum atomic E-state index is 11.3. The lowest BCUT2D eigenvalue weighted by atomic mass is 10.3. The molecule has 0 amide bonds. The van der Waals surface area contributed by atoms with Gasteiger partial charge in [0.25, 0.3) is 5.56 Å². The van der Waals surface area contributed by atoms with E-state index in [1.807, 2.05) is 0 Å². The van der Waals surface area contributed by atoms with Crippen LogP contribution in [0, 0.1) is 0 Å². The Morgan fingerprint density at radius 3 is 2.88 bits per heavy atom. The monoisotopic (exact) mass is 231 g/mol. The van der Waals surface area contributed by atoms with Crippen molar-refractivity contribution in [3.63, 3.8) is 0 Å². The zero-order chi connectivity index (χ0) is 12.3. The maximum Gasteiger partial charge on any atom is 0.309 e. The van der Waals surface area contributed by atoms with Crippen LogP contribution in [-0.2, 0) is 11.2 Å². The Labute approximate surface area is 96.0 Å². The Kier molecular flexibility index (Phi) is 2.95. The molecule has 2 aromatic rings. The van der Waals surface area contributed by atoms with Crippen molar-refractivity contribution in [3.8, 4) is 11.5 Å². The van der Waals surface area contributed by atoms with Gasteiger partial charge in [-0.05, 0) is 12.1 Å². The first-order valence-electron chi connectivity index (χ1n) is 4.88. The van der Waals surface area contributed by atoms with Gasteiger partial charge in [0.2, 0.25) is 0 Å². The summed E-state index contributed by atoms with van der Waals surface area (Å²) in [5.41, 5.74) is 0.315. The highest BCUT2D eigenvalue weighted by Crippen LogP contribution is 2.09. The third-order valence-electron chi connectivity index (χ3n) is 2.03. The van der Waals surface area contributed by atoms with Gasteiger partial charge in [0.15, 0.2) is 5.82 Å². The minimum atomic E-state index is -1.03. The number of carboxylic acid groups (broad SMARTS) is 1. The molecule has 2 rings (SSSR count). The van der Waals surface area contributed by atoms with E-state index >= 15 is 0 Å². The van der Waals surface area contributed by atoms with Crippen molar-refractivity contribution in [3.05, 3.63) is 46.5 Å². The van der Waals surface area contributed by atoms with Gasteiger partial charge in [0.05, 0.1) is 12.1 Å². The molecule has 0 aliphatic heterocycles. The SMILES string of the molecule is O=C(O)Cc1cc(=O)[nH]c(-c2ccccn2)n1. The molecule has 0 saturated heterocycles. The minimum absolute atomic E-state index is 0.210. The summed E-state index contributed by atoms with van der Waals surface area (Å²) in [6, 6.07) is 6.35. The molecule has 2 heterocycles. The molecule has 0 atom stereocenters. The molecule has 6 heteroatoms. The first-order chi connectivity index (χ1) is 8.15. The molecule has 86 valence electrons. The normalized spacial score (nSPS) is 10.1. The Bertz CT molecular complexity index is 592. The number of nitrogens with zero attached hydrogens (tertiary/aromatic N) is 2. The number of carbonyl (C=O) groups is 1. The average molecular weight is 231 g/mol. The summed E-state index contributed by atoms with van der Waals surface area (Å²) in [6.45, 7) is 0. The van der Waals surface area contributed by atoms with Crippen LogP contribution in [0.1, 0.15) is 5.69 Å². The van der Waals surface area contributed by atoms with E-state index in [0.717, 1.165) is 0 Å². The van der Waals surface area contributed by atoms with E-state index in [2.05, 4.69) is 15.0 Å². The van der Waals surface area contributed by atoms with Crippen LogP contribution in [0.3, 0.4) is 0 Å². The van der Waals surface area contributed by atoms with E-state index in [9.17, 15) is 9.59 Å². The van der Waals surface area contributed by atoms with Gasteiger partial charge in [-0.2, -0.15) is 0 Å². The fraction of sp³-hybridized carbons (Fsp3) is 0.0909. The van der Waals surface area contributed by atoms with E-state index in [-0.39, 0.29) is 17.9 Å². The second-order valence-electron chi connectivity index (χ2n) is 3.37. The van der Waals surface area contributed by atoms with Crippen molar-refractivity contribution in [1.29, 1.82) is 0 Å². The summed E-state index contributed by atoms with van der Waals surface area (Å²) in [5.74, 6) is -0.760. The number of hydrogen-bond donors (Lipinski definition) is 2. The summed E-state index contributed by atoms with van der Waals surface area (Å²) < 4.78 is 0. The lowest BCUT2D eigenvalue weighted by molar-refractivity contribution is -0.136. The highest BCUT2D eigenvalue weighted by atomic mass is 16.4. The Morgan fingerprint density at radius 1 is 1.41 bits per heavy atom. The third-order valence-corrected chi connectivity index (χ3v) is 2.03. The third kappa shape index (κ3) is 2.75. The number of pyridine rings is 1. The molecule has 0 radical (unpaired) electrons. The van der Waals surface area contributed by atoms with Crippen LogP contribution in [0.15, 0.2) is 35.3 Å². The second kappa shape index (κ2) is 4.56. The number of nitrogens with one attached hydrogen (secondary N) is 1. The van der Waals surface area contributed by atoms with Gasteiger partial charge in [-0.3, -0.25) is 14.6 Å². The minimum Gasteiger partial charge on any atom is -0.481 e. The van der Waals surface area contributed by atoms with Gasteiger partial charge in [-0.1, -0.05) is 6.07 Å². The van der Waals surface area contributed by atoms with Crippen molar-refractivity contribution in [2.75, 3.05) is 0 Å². The molecule has 0 bridgehead atoms. The van der Waals surface area contributed by atoms with Gasteiger partial charge < -0.3 is 10.1 Å². The van der Waals surface area contributed by atoms with Gasteiger partial charge >= 0.3 is 5.97 Å². The quantitative estimate of drug-likeness (QED) is 0.799. The number of aliphatic carboxylic acids is 1. The van der Waals surface area contributed by atoms with Crippen molar-refractivity contribution >= 4 is 5.97 Å². The molecular formula is C11H9N3O3. The lowest BCUT2D eigenvalue weighted by Crippen LogP contribution is -2.13. The van der Waals surface area contributed by atoms with E-state index in [1.165, 1.54) is 6.07 Å². The molecule has 0 spiro atoms. The summed E-state index contributed by atoms with van der Waals surface area (Å²) in [4.78, 5) is 32.5. The largest absolute Gasteiger partial charge is 0.481 e. The molecule has 0 unspecified atom stereocenters. The molecule has 0 fully saturated rings. The first kappa shape index (κ1) is 11.0. The predicted molar refractivity (Wildman–Crippen MR) is 59.4 cm³/mol. The Balaban J connectivity index is 2.45. The Morgan fingerprint density at radius 2 is 2.24 bits per heavy atom. The van der Waals surface area contributed by atoms with Crippen LogP contribution < -0.4 is 5.56 Å². The number of hydrogen-bond acceptors (Lipinski definition) is 4. The van der Waals surface area contributed by atoms with Crippen LogP contribution in [-0.4, -0.2) is 26.0 Å². The molecule has 2 N–H and O–H groups in total. The molecule has 6 nitrogen and oxygen atoms in total. The van der Waals surface area contributed by atoms with E-state index in [1.54, 1.807) is 24.4 Å². The van der Waals surface area contributed by atoms with Crippen LogP contribution >= 0.6 is 0 Å². The number of aromatic nitrogens is 3. The zero-order valence-corrected chi connectivity index (χ0v) is 8.75. The Hall–Kier alpha value is -2.50. The summed E-state index contributed by atoms with van der Waals surface area (Å²) in [5, 5.41) is 8.65. The van der Waals surface area contributed by atoms with E-state index in [0.29, 0.717) is 5.69 Å². The van der Waals surface area contributed by atoms with Gasteiger partial charge in [0, 0.05) is 12.3 Å². The average Bonchev–Trinajstić information content (AvgIpc) is 2.28. The van der Waals surface area contributed by atoms with Crippen LogP contribution in [0.2, 0.25) is 0 Å². The highest BCUT2D eigenvalue weighted by Gasteiger charge is 2.07. The first-order valence-corrected chi connectivity index (χ1v) is 4.88. The summed E-state index contributed by atoms with van der Waals surface area (Å²) in [7, 11) is 0. The number of aromatic amines is 1. The summed E-state index contributed by atoms with van der Waals surface area (Å²) >= 11 is 0. The molecule has 0 aromatic carbocycles. The predicted octanol–water partition coefficient (Wildman–Crippen LogP) is 0.459. The van der Waals surface area contributed by atoms with Crippen LogP contribution in [0.25, 0.3) is 11.5 Å². The topological polar surface area (TPSA) is 95.9 Å². The lowest BCUT2D eigenvalue weighted by Gasteiger charge is -2.01. The van der Waals surface area contributed by atoms with Crippen molar-refractivity contribution < 1.29 is 9.90 Å². The number of H-pyrrole nitrogens is 1. The van der Waals surface area contributed by atoms with Crippen molar-refractivity contribution in [2.45, 2.75) is 6.42 Å². The van der Waals surface area contributed by atoms with Gasteiger partial charge in [-0.25, -0.2) is 4.98 Å². The smallest absolute Gasteiger partial charge is 0.309 e. The van der Waals surface area contributed by atoms with Gasteiger partial charge in [0.1, 0.15) is 5.69 Å². The molecular weight excluding hydrogens is 222 g/mol. The summed E-state index contributed by atoms with van der Waals surface area (Å²) in [6.07, 6.45) is 1.28. The molecule has 0 saturated carbocycles. The van der Waals surface area contributed by atoms with E-state index < -0.39 is 11.5 Å². The van der Waals surface area contributed by atoms with Gasteiger partial charge in [-0.15, -0.1) is 0 Å². The van der Waals surface area contributed by atoms with Crippen LogP contribution in [0.5, 0.6) is 0 Å². The molecule has 2 aromatic heterocycles. The molecule has 17 heavy (non-hydrogen) atoms. The van der Waals surface area contributed by atoms with Crippen LogP contribution in [0.4, 0.5) is 0 Å². The molecule has 0 aliphatic rings. The fourth-order valence-corrected chi connectivity index (χ4v) is 1.38. The highest BCUT2D eigenvalue weighted by molar-refractivity contribution is 5.69. The standard InChI is InChI=1S/C11H9N3O3/c15-9-5-7(6-10(16)17)13-11(14-9)8-3-1-2-4-12-8/h1-5H,6H2,(H,16,17)(H,13,14,15). The zero-order valence-electron chi connectivity index (χ0n) is 8.75. The maximum absolute atomic E-state index is 11.3. The molecule has 0 aliphatic carbocycles. The van der Waals surface area contributed by atoms with Crippen molar-refractivity contribution in [1.82, 2.24) is 15.0 Å².